The molecule has 2 aromatic carbocycles. The minimum Gasteiger partial charge on any atom is -0.494 e. The number of hydrogen-bond donors (Lipinski definition) is 1. The fourth-order valence-electron chi connectivity index (χ4n) is 5.46. The lowest BCUT2D eigenvalue weighted by Gasteiger charge is -2.20. The number of aliphatic hydroxyl groups is 1. The van der Waals surface area contributed by atoms with Crippen molar-refractivity contribution in [3.63, 3.8) is 0 Å². The molecule has 4 rings (SSSR count). The largest absolute Gasteiger partial charge is 0.494 e. The van der Waals surface area contributed by atoms with Crippen molar-refractivity contribution in [2.24, 2.45) is 0 Å². The Morgan fingerprint density at radius 3 is 1.69 bits per heavy atom. The molecule has 0 unspecified atom stereocenters. The molecule has 210 valence electrons. The molecule has 0 atom stereocenters. The Morgan fingerprint density at radius 1 is 0.744 bits per heavy atom. The summed E-state index contributed by atoms with van der Waals surface area (Å²) in [6.07, 6.45) is 9.48. The highest BCUT2D eigenvalue weighted by Crippen LogP contribution is 2.45. The van der Waals surface area contributed by atoms with Gasteiger partial charge >= 0.3 is 0 Å². The lowest BCUT2D eigenvalue weighted by Crippen LogP contribution is -2.15. The summed E-state index contributed by atoms with van der Waals surface area (Å²) in [5.74, 6) is 1.80. The lowest BCUT2D eigenvalue weighted by molar-refractivity contribution is 0.281. The average Bonchev–Trinajstić information content (AvgIpc) is 3.56. The maximum atomic E-state index is 9.77. The van der Waals surface area contributed by atoms with Crippen LogP contribution in [0.1, 0.15) is 56.1 Å². The Kier molecular flexibility index (Phi) is 10.8. The molecule has 2 aliphatic rings. The van der Waals surface area contributed by atoms with Gasteiger partial charge in [0.15, 0.2) is 0 Å². The fraction of sp³-hybridized carbons (Fsp3) is 0.471. The number of rotatable bonds is 16. The zero-order valence-corrected chi connectivity index (χ0v) is 24.3. The monoisotopic (exact) mass is 530 g/mol. The molecule has 0 spiro atoms. The summed E-state index contributed by atoms with van der Waals surface area (Å²) in [5.41, 5.74) is 9.44. The third-order valence-electron chi connectivity index (χ3n) is 7.45. The molecule has 1 saturated carbocycles. The van der Waals surface area contributed by atoms with Gasteiger partial charge in [-0.25, -0.2) is 0 Å². The van der Waals surface area contributed by atoms with Crippen LogP contribution < -0.4 is 9.47 Å². The van der Waals surface area contributed by atoms with Gasteiger partial charge in [0.2, 0.25) is 0 Å². The van der Waals surface area contributed by atoms with E-state index >= 15 is 0 Å². The van der Waals surface area contributed by atoms with E-state index in [1.165, 1.54) is 34.3 Å². The van der Waals surface area contributed by atoms with Gasteiger partial charge in [-0.15, -0.1) is 0 Å². The molecule has 0 aliphatic heterocycles. The first-order chi connectivity index (χ1) is 18.9. The molecule has 5 heteroatoms. The molecule has 39 heavy (non-hydrogen) atoms. The zero-order valence-electron chi connectivity index (χ0n) is 24.3. The summed E-state index contributed by atoms with van der Waals surface area (Å²) >= 11 is 0. The van der Waals surface area contributed by atoms with Gasteiger partial charge in [-0.1, -0.05) is 41.5 Å². The maximum absolute atomic E-state index is 9.77. The van der Waals surface area contributed by atoms with E-state index in [0.29, 0.717) is 13.2 Å². The van der Waals surface area contributed by atoms with Crippen molar-refractivity contribution in [2.45, 2.75) is 44.9 Å². The van der Waals surface area contributed by atoms with E-state index in [-0.39, 0.29) is 6.61 Å². The SMILES string of the molecule is CN(C)CCCOc1ccc(C(=C(CCCO)C2=C3CCC(=C2)C3)c2ccc(OCCCN(C)C)cc2)cc1. The van der Waals surface area contributed by atoms with Crippen molar-refractivity contribution in [2.75, 3.05) is 61.1 Å². The van der Waals surface area contributed by atoms with E-state index in [9.17, 15) is 5.11 Å². The molecule has 1 fully saturated rings. The van der Waals surface area contributed by atoms with Crippen molar-refractivity contribution in [3.8, 4) is 11.5 Å². The fourth-order valence-corrected chi connectivity index (χ4v) is 5.46. The van der Waals surface area contributed by atoms with E-state index in [0.717, 1.165) is 63.1 Å². The minimum absolute atomic E-state index is 0.190. The molecule has 0 radical (unpaired) electrons. The summed E-state index contributed by atoms with van der Waals surface area (Å²) in [6.45, 7) is 3.64. The van der Waals surface area contributed by atoms with Crippen molar-refractivity contribution in [1.29, 1.82) is 0 Å². The quantitative estimate of drug-likeness (QED) is 0.257. The van der Waals surface area contributed by atoms with E-state index in [1.807, 2.05) is 0 Å². The first-order valence-electron chi connectivity index (χ1n) is 14.5. The Hall–Kier alpha value is -2.86. The standard InChI is InChI=1S/C34H46N2O3/c1-35(2)19-6-22-38-30-15-11-27(12-16-30)34(28-13-17-31(18-14-28)39-23-7-20-36(3)4)32(8-5-21-37)33-25-26-9-10-29(33)24-26/h11-18,25,37H,5-10,19-24H2,1-4H3. The van der Waals surface area contributed by atoms with Crippen molar-refractivity contribution >= 4 is 5.57 Å². The van der Waals surface area contributed by atoms with Gasteiger partial charge in [-0.05, 0) is 125 Å². The molecular weight excluding hydrogens is 484 g/mol. The molecule has 0 saturated heterocycles. The second-order valence-corrected chi connectivity index (χ2v) is 11.2. The van der Waals surface area contributed by atoms with Crippen LogP contribution >= 0.6 is 0 Å². The second kappa shape index (κ2) is 14.5. The third-order valence-corrected chi connectivity index (χ3v) is 7.45. The van der Waals surface area contributed by atoms with Crippen LogP contribution in [0.3, 0.4) is 0 Å². The first kappa shape index (κ1) is 29.1. The average molecular weight is 531 g/mol. The number of hydrogen-bond acceptors (Lipinski definition) is 5. The summed E-state index contributed by atoms with van der Waals surface area (Å²) in [6, 6.07) is 17.1. The number of aliphatic hydroxyl groups excluding tert-OH is 1. The molecular formula is C34H46N2O3. The summed E-state index contributed by atoms with van der Waals surface area (Å²) < 4.78 is 12.1. The predicted molar refractivity (Wildman–Crippen MR) is 162 cm³/mol. The molecule has 0 heterocycles. The molecule has 5 nitrogen and oxygen atoms in total. The van der Waals surface area contributed by atoms with Crippen LogP contribution in [0.25, 0.3) is 5.57 Å². The van der Waals surface area contributed by atoms with Gasteiger partial charge in [-0.2, -0.15) is 0 Å². The van der Waals surface area contributed by atoms with Crippen LogP contribution in [0.15, 0.2) is 76.9 Å². The normalized spacial score (nSPS) is 14.4. The predicted octanol–water partition coefficient (Wildman–Crippen LogP) is 6.34. The summed E-state index contributed by atoms with van der Waals surface area (Å²) in [4.78, 5) is 4.36. The summed E-state index contributed by atoms with van der Waals surface area (Å²) in [7, 11) is 8.35. The number of ether oxygens (including phenoxy) is 2. The highest BCUT2D eigenvalue weighted by Gasteiger charge is 2.26. The first-order valence-corrected chi connectivity index (χ1v) is 14.5. The number of fused-ring (bicyclic) bond motifs is 2. The zero-order chi connectivity index (χ0) is 27.6. The van der Waals surface area contributed by atoms with Gasteiger partial charge in [0.25, 0.3) is 0 Å². The highest BCUT2D eigenvalue weighted by molar-refractivity contribution is 5.86. The molecule has 2 aromatic rings. The van der Waals surface area contributed by atoms with Gasteiger partial charge in [0, 0.05) is 19.7 Å². The van der Waals surface area contributed by atoms with Crippen LogP contribution in [0.2, 0.25) is 0 Å². The van der Waals surface area contributed by atoms with Crippen LogP contribution in [0.4, 0.5) is 0 Å². The van der Waals surface area contributed by atoms with E-state index < -0.39 is 0 Å². The lowest BCUT2D eigenvalue weighted by atomic mass is 9.85. The van der Waals surface area contributed by atoms with Crippen LogP contribution in [-0.4, -0.2) is 76.0 Å². The molecule has 2 bridgehead atoms. The number of nitrogens with zero attached hydrogens (tertiary/aromatic N) is 2. The molecule has 0 amide bonds. The van der Waals surface area contributed by atoms with Crippen LogP contribution in [0.5, 0.6) is 11.5 Å². The van der Waals surface area contributed by atoms with Crippen molar-refractivity contribution in [1.82, 2.24) is 9.80 Å². The van der Waals surface area contributed by atoms with Crippen LogP contribution in [0, 0.1) is 0 Å². The maximum Gasteiger partial charge on any atom is 0.119 e. The van der Waals surface area contributed by atoms with Gasteiger partial charge < -0.3 is 24.4 Å². The number of benzene rings is 2. The third kappa shape index (κ3) is 8.31. The van der Waals surface area contributed by atoms with Crippen LogP contribution in [-0.2, 0) is 0 Å². The molecule has 1 N–H and O–H groups in total. The molecule has 2 aliphatic carbocycles. The highest BCUT2D eigenvalue weighted by atomic mass is 16.5. The topological polar surface area (TPSA) is 45.2 Å². The summed E-state index contributed by atoms with van der Waals surface area (Å²) in [5, 5.41) is 9.77. The van der Waals surface area contributed by atoms with Crippen molar-refractivity contribution in [3.05, 3.63) is 88.0 Å². The Balaban J connectivity index is 1.63. The van der Waals surface area contributed by atoms with Gasteiger partial charge in [0.1, 0.15) is 11.5 Å². The molecule has 0 aromatic heterocycles. The Morgan fingerprint density at radius 2 is 1.28 bits per heavy atom. The number of allylic oxidation sites excluding steroid dienone is 5. The van der Waals surface area contributed by atoms with E-state index in [2.05, 4.69) is 92.6 Å². The van der Waals surface area contributed by atoms with E-state index in [1.54, 1.807) is 11.1 Å². The van der Waals surface area contributed by atoms with Crippen molar-refractivity contribution < 1.29 is 14.6 Å². The minimum atomic E-state index is 0.190. The van der Waals surface area contributed by atoms with E-state index in [4.69, 9.17) is 9.47 Å². The van der Waals surface area contributed by atoms with Gasteiger partial charge in [-0.3, -0.25) is 0 Å². The Labute approximate surface area is 235 Å². The van der Waals surface area contributed by atoms with Gasteiger partial charge in [0.05, 0.1) is 13.2 Å². The smallest absolute Gasteiger partial charge is 0.119 e. The Bertz CT molecular complexity index is 1100. The second-order valence-electron chi connectivity index (χ2n) is 11.2.